The Hall–Kier alpha value is -2.83. The number of rotatable bonds is 6. The van der Waals surface area contributed by atoms with Gasteiger partial charge in [-0.25, -0.2) is 0 Å². The largest absolute Gasteiger partial charge is 0.336 e. The fourth-order valence-corrected chi connectivity index (χ4v) is 3.16. The fraction of sp³-hybridized carbons (Fsp3) is 0.421. The van der Waals surface area contributed by atoms with E-state index in [4.69, 9.17) is 0 Å². The van der Waals surface area contributed by atoms with Crippen molar-refractivity contribution in [3.05, 3.63) is 50.8 Å². The van der Waals surface area contributed by atoms with E-state index in [0.717, 1.165) is 16.9 Å². The Morgan fingerprint density at radius 3 is 2.42 bits per heavy atom. The van der Waals surface area contributed by atoms with Crippen LogP contribution < -0.4 is 15.8 Å². The van der Waals surface area contributed by atoms with Crippen LogP contribution in [0.1, 0.15) is 39.4 Å². The van der Waals surface area contributed by atoms with Gasteiger partial charge in [-0.3, -0.25) is 14.3 Å². The van der Waals surface area contributed by atoms with Crippen molar-refractivity contribution in [2.75, 3.05) is 11.4 Å². The van der Waals surface area contributed by atoms with E-state index in [0.29, 0.717) is 23.7 Å². The van der Waals surface area contributed by atoms with Crippen LogP contribution in [0.4, 0.5) is 11.4 Å². The van der Waals surface area contributed by atoms with Gasteiger partial charge < -0.3 is 4.90 Å². The Bertz CT molecular complexity index is 983. The highest BCUT2D eigenvalue weighted by atomic mass is 16.2. The molecular weight excluding hydrogens is 330 g/mol. The average molecular weight is 353 g/mol. The van der Waals surface area contributed by atoms with Gasteiger partial charge in [0, 0.05) is 17.8 Å². The minimum Gasteiger partial charge on any atom is -0.336 e. The first-order valence-electron chi connectivity index (χ1n) is 8.80. The van der Waals surface area contributed by atoms with Gasteiger partial charge in [0.25, 0.3) is 5.43 Å². The first-order valence-corrected chi connectivity index (χ1v) is 8.80. The van der Waals surface area contributed by atoms with Gasteiger partial charge in [0.2, 0.25) is 5.43 Å². The van der Waals surface area contributed by atoms with E-state index in [1.165, 1.54) is 0 Å². The molecule has 0 radical (unpaired) electrons. The molecule has 136 valence electrons. The van der Waals surface area contributed by atoms with Crippen molar-refractivity contribution in [3.63, 3.8) is 0 Å². The lowest BCUT2D eigenvalue weighted by Crippen LogP contribution is -2.40. The highest BCUT2D eigenvalue weighted by Crippen LogP contribution is 2.34. The van der Waals surface area contributed by atoms with Gasteiger partial charge in [-0.1, -0.05) is 13.8 Å². The van der Waals surface area contributed by atoms with E-state index in [9.17, 15) is 9.59 Å². The normalized spacial score (nSPS) is 12.7. The fourth-order valence-electron chi connectivity index (χ4n) is 3.16. The van der Waals surface area contributed by atoms with Crippen molar-refractivity contribution in [3.8, 4) is 11.1 Å². The van der Waals surface area contributed by atoms with Crippen molar-refractivity contribution in [1.29, 1.82) is 0 Å². The topological polar surface area (TPSA) is 81.0 Å². The summed E-state index contributed by atoms with van der Waals surface area (Å²) >= 11 is 0. The quantitative estimate of drug-likeness (QED) is 0.634. The maximum atomic E-state index is 12.4. The molecule has 3 rings (SSSR count). The lowest BCUT2D eigenvalue weighted by atomic mass is 9.97. The van der Waals surface area contributed by atoms with Crippen LogP contribution in [0.25, 0.3) is 11.1 Å². The molecule has 1 unspecified atom stereocenters. The van der Waals surface area contributed by atoms with Crippen molar-refractivity contribution in [2.45, 2.75) is 40.7 Å². The zero-order valence-electron chi connectivity index (χ0n) is 15.7. The minimum absolute atomic E-state index is 0.199. The van der Waals surface area contributed by atoms with Gasteiger partial charge in [0.1, 0.15) is 5.69 Å². The summed E-state index contributed by atoms with van der Waals surface area (Å²) in [5, 5.41) is 12.1. The van der Waals surface area contributed by atoms with Crippen molar-refractivity contribution in [1.82, 2.24) is 20.0 Å². The Morgan fingerprint density at radius 2 is 1.85 bits per heavy atom. The molecule has 0 fully saturated rings. The lowest BCUT2D eigenvalue weighted by molar-refractivity contribution is 0.369. The van der Waals surface area contributed by atoms with Crippen molar-refractivity contribution >= 4 is 11.4 Å². The summed E-state index contributed by atoms with van der Waals surface area (Å²) in [6, 6.07) is 1.97. The smallest absolute Gasteiger partial charge is 0.250 e. The van der Waals surface area contributed by atoms with E-state index in [-0.39, 0.29) is 6.04 Å². The van der Waals surface area contributed by atoms with Gasteiger partial charge in [-0.2, -0.15) is 15.3 Å². The Morgan fingerprint density at radius 1 is 1.12 bits per heavy atom. The Balaban J connectivity index is 2.11. The third-order valence-electron chi connectivity index (χ3n) is 5.02. The Labute approximate surface area is 152 Å². The molecule has 3 aromatic rings. The van der Waals surface area contributed by atoms with Crippen LogP contribution in [0.3, 0.4) is 0 Å². The highest BCUT2D eigenvalue weighted by Gasteiger charge is 2.30. The second-order valence-corrected chi connectivity index (χ2v) is 6.80. The molecule has 0 saturated carbocycles. The van der Waals surface area contributed by atoms with Gasteiger partial charge in [-0.15, -0.1) is 0 Å². The minimum atomic E-state index is -0.470. The first-order chi connectivity index (χ1) is 12.4. The average Bonchev–Trinajstić information content (AvgIpc) is 3.02. The monoisotopic (exact) mass is 353 g/mol. The summed E-state index contributed by atoms with van der Waals surface area (Å²) in [5.41, 5.74) is 2.26. The summed E-state index contributed by atoms with van der Waals surface area (Å²) in [6.07, 6.45) is 4.84. The van der Waals surface area contributed by atoms with Gasteiger partial charge >= 0.3 is 0 Å². The van der Waals surface area contributed by atoms with Crippen LogP contribution in [0.2, 0.25) is 0 Å². The van der Waals surface area contributed by atoms with E-state index < -0.39 is 10.9 Å². The van der Waals surface area contributed by atoms with Crippen LogP contribution in [0.5, 0.6) is 0 Å². The van der Waals surface area contributed by atoms with Crippen LogP contribution in [0.15, 0.2) is 34.2 Å². The zero-order valence-corrected chi connectivity index (χ0v) is 15.7. The third kappa shape index (κ3) is 2.73. The molecule has 0 amide bonds. The molecule has 7 heteroatoms. The molecular formula is C19H23N5O2. The molecule has 7 nitrogen and oxygen atoms in total. The van der Waals surface area contributed by atoms with Crippen molar-refractivity contribution in [2.24, 2.45) is 5.92 Å². The molecule has 0 aliphatic carbocycles. The molecule has 0 N–H and O–H groups in total. The molecule has 0 aliphatic rings. The second-order valence-electron chi connectivity index (χ2n) is 6.80. The first kappa shape index (κ1) is 18.0. The number of hydrogen-bond donors (Lipinski definition) is 0. The lowest BCUT2D eigenvalue weighted by Gasteiger charge is -2.26. The van der Waals surface area contributed by atoms with E-state index in [1.54, 1.807) is 29.6 Å². The van der Waals surface area contributed by atoms with E-state index in [2.05, 4.69) is 36.1 Å². The SMILES string of the molecule is CCN(c1ccnnc1)c1c(-c2cnn(C(C)C(C)C)c2C)c(=O)c1=O. The number of nitrogens with zero attached hydrogens (tertiary/aromatic N) is 5. The second kappa shape index (κ2) is 6.82. The van der Waals surface area contributed by atoms with Gasteiger partial charge in [0.15, 0.2) is 0 Å². The summed E-state index contributed by atoms with van der Waals surface area (Å²) in [7, 11) is 0. The van der Waals surface area contributed by atoms with Crippen LogP contribution in [0, 0.1) is 12.8 Å². The predicted molar refractivity (Wildman–Crippen MR) is 102 cm³/mol. The molecule has 2 heterocycles. The van der Waals surface area contributed by atoms with Crippen LogP contribution >= 0.6 is 0 Å². The molecule has 1 atom stereocenters. The standard InChI is InChI=1S/C19H23N5O2/c1-6-23(14-7-8-20-21-9-14)17-16(18(25)19(17)26)15-10-22-24(13(15)5)12(4)11(2)3/h7-12H,6H2,1-5H3. The predicted octanol–water partition coefficient (Wildman–Crippen LogP) is 2.62. The number of aromatic nitrogens is 4. The molecule has 0 saturated heterocycles. The molecule has 2 aromatic heterocycles. The van der Waals surface area contributed by atoms with Gasteiger partial charge in [0.05, 0.1) is 35.9 Å². The van der Waals surface area contributed by atoms with Crippen LogP contribution in [-0.2, 0) is 0 Å². The van der Waals surface area contributed by atoms with Crippen molar-refractivity contribution < 1.29 is 0 Å². The zero-order chi connectivity index (χ0) is 19.0. The maximum absolute atomic E-state index is 12.4. The summed E-state index contributed by atoms with van der Waals surface area (Å²) in [6.45, 7) is 10.8. The third-order valence-corrected chi connectivity index (χ3v) is 5.02. The molecule has 1 aromatic carbocycles. The van der Waals surface area contributed by atoms with Gasteiger partial charge in [-0.05, 0) is 32.8 Å². The highest BCUT2D eigenvalue weighted by molar-refractivity contribution is 5.86. The van der Waals surface area contributed by atoms with E-state index in [1.807, 2.05) is 18.5 Å². The van der Waals surface area contributed by atoms with Crippen LogP contribution in [-0.4, -0.2) is 26.5 Å². The van der Waals surface area contributed by atoms with E-state index >= 15 is 0 Å². The molecule has 26 heavy (non-hydrogen) atoms. The number of anilines is 2. The summed E-state index contributed by atoms with van der Waals surface area (Å²) < 4.78 is 1.92. The molecule has 0 bridgehead atoms. The number of hydrogen-bond acceptors (Lipinski definition) is 6. The molecule has 0 spiro atoms. The molecule has 0 aliphatic heterocycles. The Kier molecular flexibility index (Phi) is 4.71. The maximum Gasteiger partial charge on any atom is 0.250 e. The summed E-state index contributed by atoms with van der Waals surface area (Å²) in [5.74, 6) is 0.406. The summed E-state index contributed by atoms with van der Waals surface area (Å²) in [4.78, 5) is 26.6.